The molecule has 0 aliphatic heterocycles. The molecule has 0 aliphatic rings. The highest BCUT2D eigenvalue weighted by Crippen LogP contribution is 2.18. The molecule has 1 aromatic heterocycles. The Morgan fingerprint density at radius 2 is 2.50 bits per heavy atom. The normalized spacial score (nSPS) is 12.8. The largest absolute Gasteiger partial charge is 0.481 e. The molecule has 0 aromatic carbocycles. The van der Waals surface area contributed by atoms with Crippen molar-refractivity contribution in [2.24, 2.45) is 5.73 Å². The number of carboxylic acids is 1. The summed E-state index contributed by atoms with van der Waals surface area (Å²) in [6.07, 6.45) is 3.88. The van der Waals surface area contributed by atoms with Crippen molar-refractivity contribution < 1.29 is 9.90 Å². The molecule has 0 saturated heterocycles. The van der Waals surface area contributed by atoms with Crippen LogP contribution in [0, 0.1) is 0 Å². The van der Waals surface area contributed by atoms with Gasteiger partial charge in [-0.15, -0.1) is 0 Å². The minimum absolute atomic E-state index is 0.391. The fraction of sp³-hybridized carbons (Fsp3) is 0.375. The van der Waals surface area contributed by atoms with Crippen molar-refractivity contribution in [1.82, 2.24) is 4.98 Å². The number of hydrogen-bond donors (Lipinski definition) is 3. The maximum absolute atomic E-state index is 10.7. The van der Waals surface area contributed by atoms with E-state index in [1.807, 2.05) is 0 Å². The molecule has 1 aromatic rings. The van der Waals surface area contributed by atoms with Crippen LogP contribution in [0.5, 0.6) is 0 Å². The second-order valence-electron chi connectivity index (χ2n) is 2.61. The lowest BCUT2D eigenvalue weighted by Gasteiger charge is -2.07. The third-order valence-electron chi connectivity index (χ3n) is 1.78. The zero-order valence-electron chi connectivity index (χ0n) is 6.66. The highest BCUT2D eigenvalue weighted by atomic mass is 16.4. The van der Waals surface area contributed by atoms with E-state index < -0.39 is 11.9 Å². The van der Waals surface area contributed by atoms with Crippen LogP contribution in [0.3, 0.4) is 0 Å². The summed E-state index contributed by atoms with van der Waals surface area (Å²) in [5, 5.41) is 8.81. The van der Waals surface area contributed by atoms with Gasteiger partial charge >= 0.3 is 5.97 Å². The zero-order valence-corrected chi connectivity index (χ0v) is 6.66. The van der Waals surface area contributed by atoms with E-state index in [0.29, 0.717) is 13.0 Å². The van der Waals surface area contributed by atoms with Gasteiger partial charge in [-0.1, -0.05) is 0 Å². The summed E-state index contributed by atoms with van der Waals surface area (Å²) in [6, 6.07) is 1.76. The zero-order chi connectivity index (χ0) is 8.97. The Morgan fingerprint density at radius 3 is 2.92 bits per heavy atom. The van der Waals surface area contributed by atoms with Gasteiger partial charge < -0.3 is 15.8 Å². The molecule has 4 heteroatoms. The molecule has 1 rings (SSSR count). The van der Waals surface area contributed by atoms with E-state index in [0.717, 1.165) is 5.56 Å². The molecular weight excluding hydrogens is 156 g/mol. The van der Waals surface area contributed by atoms with Crippen LogP contribution in [0.1, 0.15) is 17.9 Å². The fourth-order valence-corrected chi connectivity index (χ4v) is 1.15. The number of nitrogens with two attached hydrogens (primary N) is 1. The van der Waals surface area contributed by atoms with Gasteiger partial charge in [0.15, 0.2) is 0 Å². The average molecular weight is 168 g/mol. The van der Waals surface area contributed by atoms with Crippen molar-refractivity contribution in [3.63, 3.8) is 0 Å². The lowest BCUT2D eigenvalue weighted by Crippen LogP contribution is -2.15. The summed E-state index contributed by atoms with van der Waals surface area (Å²) < 4.78 is 0. The van der Waals surface area contributed by atoms with Crippen LogP contribution in [-0.2, 0) is 4.79 Å². The number of H-pyrrole nitrogens is 1. The van der Waals surface area contributed by atoms with Crippen LogP contribution in [-0.4, -0.2) is 22.6 Å². The summed E-state index contributed by atoms with van der Waals surface area (Å²) >= 11 is 0. The van der Waals surface area contributed by atoms with Gasteiger partial charge in [-0.2, -0.15) is 0 Å². The summed E-state index contributed by atoms with van der Waals surface area (Å²) in [4.78, 5) is 13.5. The monoisotopic (exact) mass is 168 g/mol. The third kappa shape index (κ3) is 1.85. The van der Waals surface area contributed by atoms with Crippen LogP contribution in [0.25, 0.3) is 0 Å². The van der Waals surface area contributed by atoms with Crippen LogP contribution < -0.4 is 5.73 Å². The van der Waals surface area contributed by atoms with Crippen LogP contribution in [0.2, 0.25) is 0 Å². The van der Waals surface area contributed by atoms with Gasteiger partial charge in [0, 0.05) is 12.4 Å². The predicted molar refractivity (Wildman–Crippen MR) is 44.8 cm³/mol. The van der Waals surface area contributed by atoms with E-state index in [9.17, 15) is 4.79 Å². The quantitative estimate of drug-likeness (QED) is 0.613. The molecule has 1 unspecified atom stereocenters. The molecule has 0 spiro atoms. The molecule has 0 bridgehead atoms. The van der Waals surface area contributed by atoms with Crippen LogP contribution in [0.4, 0.5) is 0 Å². The minimum Gasteiger partial charge on any atom is -0.481 e. The lowest BCUT2D eigenvalue weighted by molar-refractivity contribution is -0.138. The first-order valence-corrected chi connectivity index (χ1v) is 3.81. The van der Waals surface area contributed by atoms with E-state index >= 15 is 0 Å². The second-order valence-corrected chi connectivity index (χ2v) is 2.61. The Balaban J connectivity index is 2.73. The van der Waals surface area contributed by atoms with Gasteiger partial charge in [0.05, 0.1) is 5.92 Å². The highest BCUT2D eigenvalue weighted by Gasteiger charge is 2.18. The molecule has 0 saturated carbocycles. The molecule has 1 atom stereocenters. The third-order valence-corrected chi connectivity index (χ3v) is 1.78. The second kappa shape index (κ2) is 3.92. The first kappa shape index (κ1) is 8.80. The number of hydrogen-bond acceptors (Lipinski definition) is 2. The Bertz CT molecular complexity index is 244. The van der Waals surface area contributed by atoms with Gasteiger partial charge in [-0.3, -0.25) is 4.79 Å². The molecule has 4 nitrogen and oxygen atoms in total. The molecule has 4 N–H and O–H groups in total. The molecule has 0 aliphatic carbocycles. The number of aromatic nitrogens is 1. The molecule has 1 heterocycles. The number of nitrogens with one attached hydrogen (secondary N) is 1. The Hall–Kier alpha value is -1.29. The topological polar surface area (TPSA) is 79.1 Å². The van der Waals surface area contributed by atoms with Gasteiger partial charge in [0.25, 0.3) is 0 Å². The van der Waals surface area contributed by atoms with E-state index in [2.05, 4.69) is 4.98 Å². The lowest BCUT2D eigenvalue weighted by atomic mass is 9.99. The summed E-state index contributed by atoms with van der Waals surface area (Å²) in [7, 11) is 0. The molecule has 0 radical (unpaired) electrons. The number of carbonyl (C=O) groups is 1. The van der Waals surface area contributed by atoms with Crippen LogP contribution in [0.15, 0.2) is 18.5 Å². The molecule has 0 amide bonds. The average Bonchev–Trinajstić information content (AvgIpc) is 2.51. The fourth-order valence-electron chi connectivity index (χ4n) is 1.15. The summed E-state index contributed by atoms with van der Waals surface area (Å²) in [5.74, 6) is -1.29. The Kier molecular flexibility index (Phi) is 2.88. The van der Waals surface area contributed by atoms with Gasteiger partial charge in [0.2, 0.25) is 0 Å². The first-order chi connectivity index (χ1) is 5.75. The molecule has 0 fully saturated rings. The first-order valence-electron chi connectivity index (χ1n) is 3.81. The predicted octanol–water partition coefficient (Wildman–Crippen LogP) is 0.532. The van der Waals surface area contributed by atoms with Gasteiger partial charge in [-0.05, 0) is 24.6 Å². The van der Waals surface area contributed by atoms with Crippen LogP contribution >= 0.6 is 0 Å². The Morgan fingerprint density at radius 1 is 1.75 bits per heavy atom. The van der Waals surface area contributed by atoms with Crippen molar-refractivity contribution in [3.05, 3.63) is 24.0 Å². The number of aromatic amines is 1. The molecule has 12 heavy (non-hydrogen) atoms. The molecule has 66 valence electrons. The van der Waals surface area contributed by atoms with E-state index in [1.165, 1.54) is 0 Å². The van der Waals surface area contributed by atoms with Crippen molar-refractivity contribution in [3.8, 4) is 0 Å². The highest BCUT2D eigenvalue weighted by molar-refractivity contribution is 5.75. The number of aliphatic carboxylic acids is 1. The molecular formula is C8H12N2O2. The maximum Gasteiger partial charge on any atom is 0.311 e. The number of carboxylic acid groups (broad SMARTS) is 1. The minimum atomic E-state index is -0.819. The van der Waals surface area contributed by atoms with Gasteiger partial charge in [0.1, 0.15) is 0 Å². The summed E-state index contributed by atoms with van der Waals surface area (Å²) in [5.41, 5.74) is 6.08. The van der Waals surface area contributed by atoms with Crippen molar-refractivity contribution in [2.75, 3.05) is 6.54 Å². The van der Waals surface area contributed by atoms with E-state index in [1.54, 1.807) is 18.5 Å². The van der Waals surface area contributed by atoms with E-state index in [4.69, 9.17) is 10.8 Å². The summed E-state index contributed by atoms with van der Waals surface area (Å²) in [6.45, 7) is 0.391. The van der Waals surface area contributed by atoms with Gasteiger partial charge in [-0.25, -0.2) is 0 Å². The Labute approximate surface area is 70.4 Å². The maximum atomic E-state index is 10.7. The van der Waals surface area contributed by atoms with Crippen molar-refractivity contribution >= 4 is 5.97 Å². The standard InChI is InChI=1S/C8H12N2O2/c9-3-1-7(8(11)12)6-2-4-10-5-6/h2,4-5,7,10H,1,3,9H2,(H,11,12). The van der Waals surface area contributed by atoms with E-state index in [-0.39, 0.29) is 0 Å². The number of rotatable bonds is 4. The van der Waals surface area contributed by atoms with Crippen molar-refractivity contribution in [1.29, 1.82) is 0 Å². The SMILES string of the molecule is NCCC(C(=O)O)c1cc[nH]c1. The smallest absolute Gasteiger partial charge is 0.311 e. The van der Waals surface area contributed by atoms with Crippen molar-refractivity contribution in [2.45, 2.75) is 12.3 Å².